The Hall–Kier alpha value is -3.55. The predicted molar refractivity (Wildman–Crippen MR) is 420 cm³/mol. The highest BCUT2D eigenvalue weighted by Crippen LogP contribution is 2.33. The summed E-state index contributed by atoms with van der Waals surface area (Å²) in [4.78, 5) is 13.5. The third-order valence-electron chi connectivity index (χ3n) is 20.1. The molecule has 17 atom stereocenters. The van der Waals surface area contributed by atoms with Crippen molar-refractivity contribution >= 4 is 5.91 Å². The molecule has 3 aliphatic rings. The van der Waals surface area contributed by atoms with Crippen molar-refractivity contribution in [1.29, 1.82) is 0 Å². The van der Waals surface area contributed by atoms with Crippen LogP contribution in [0.3, 0.4) is 0 Å². The predicted octanol–water partition coefficient (Wildman–Crippen LogP) is 14.5. The van der Waals surface area contributed by atoms with Crippen molar-refractivity contribution in [2.24, 2.45) is 0 Å². The molecule has 0 spiro atoms. The first kappa shape index (κ1) is 95.7. The molecule has 3 heterocycles. The second-order valence-electron chi connectivity index (χ2n) is 29.2. The quantitative estimate of drug-likeness (QED) is 0.0199. The molecule has 105 heavy (non-hydrogen) atoms. The van der Waals surface area contributed by atoms with Crippen molar-refractivity contribution in [1.82, 2.24) is 5.32 Å². The molecule has 19 heteroatoms. The van der Waals surface area contributed by atoms with Gasteiger partial charge in [-0.2, -0.15) is 0 Å². The van der Waals surface area contributed by atoms with Crippen LogP contribution in [-0.2, 0) is 33.2 Å². The summed E-state index contributed by atoms with van der Waals surface area (Å²) in [5.41, 5.74) is 0. The molecule has 3 fully saturated rings. The van der Waals surface area contributed by atoms with Gasteiger partial charge in [-0.1, -0.05) is 309 Å². The van der Waals surface area contributed by atoms with Crippen molar-refractivity contribution in [2.75, 3.05) is 26.4 Å². The molecule has 1 amide bonds. The average molecular weight is 1490 g/mol. The van der Waals surface area contributed by atoms with E-state index in [9.17, 15) is 61.0 Å². The first-order valence-electron chi connectivity index (χ1n) is 41.6. The minimum atomic E-state index is -1.98. The number of unbranched alkanes of at least 4 members (excludes halogenated alkanes) is 33. The largest absolute Gasteiger partial charge is 0.394 e. The van der Waals surface area contributed by atoms with E-state index in [1.54, 1.807) is 6.08 Å². The topological polar surface area (TPSA) is 307 Å². The fourth-order valence-corrected chi connectivity index (χ4v) is 13.4. The lowest BCUT2D eigenvalue weighted by Crippen LogP contribution is -2.66. The van der Waals surface area contributed by atoms with Crippen molar-refractivity contribution < 1.29 is 89.4 Å². The van der Waals surface area contributed by atoms with Crippen LogP contribution in [0, 0.1) is 0 Å². The molecule has 3 aliphatic heterocycles. The van der Waals surface area contributed by atoms with Crippen LogP contribution in [0.1, 0.15) is 296 Å². The van der Waals surface area contributed by atoms with Crippen LogP contribution in [-0.4, -0.2) is 193 Å². The number of aliphatic hydroxyl groups is 11. The fourth-order valence-electron chi connectivity index (χ4n) is 13.4. The number of carbonyl (C=O) groups is 1. The summed E-state index contributed by atoms with van der Waals surface area (Å²) in [7, 11) is 0. The number of rotatable bonds is 65. The number of carbonyl (C=O) groups excluding carboxylic acids is 1. The van der Waals surface area contributed by atoms with Crippen LogP contribution in [0.5, 0.6) is 0 Å². The summed E-state index contributed by atoms with van der Waals surface area (Å²) in [5.74, 6) is -0.284. The SMILES string of the molecule is CC/C=C\C/C=C\C/C=C\C/C=C\C/C=C\C/C=C\C/C=C\CCCCCCCCCCCCCCCCCCCCCC(=O)NC(COC1OC(CO)C(OC2OC(CO)C(OC3OC(CO)C(O)C(O)C3O)C(O)C2O)C(O)C1O)C(O)/C=C/CC/C=C/CCCCCCCCCCCCCCC. The van der Waals surface area contributed by atoms with Crippen LogP contribution in [0.15, 0.2) is 109 Å². The minimum Gasteiger partial charge on any atom is -0.394 e. The van der Waals surface area contributed by atoms with Gasteiger partial charge in [-0.3, -0.25) is 4.79 Å². The highest BCUT2D eigenvalue weighted by Gasteiger charge is 2.54. The summed E-state index contributed by atoms with van der Waals surface area (Å²) in [6.45, 7) is 1.62. The Morgan fingerprint density at radius 1 is 0.352 bits per heavy atom. The number of ether oxygens (including phenoxy) is 6. The second kappa shape index (κ2) is 65.2. The van der Waals surface area contributed by atoms with Crippen LogP contribution in [0.2, 0.25) is 0 Å². The molecule has 12 N–H and O–H groups in total. The van der Waals surface area contributed by atoms with Gasteiger partial charge in [-0.25, -0.2) is 0 Å². The maximum atomic E-state index is 13.5. The van der Waals surface area contributed by atoms with Gasteiger partial charge in [0.1, 0.15) is 73.2 Å². The Bertz CT molecular complexity index is 2320. The monoisotopic (exact) mass is 1480 g/mol. The Balaban J connectivity index is 1.31. The molecule has 0 aromatic carbocycles. The van der Waals surface area contributed by atoms with Crippen LogP contribution >= 0.6 is 0 Å². The second-order valence-corrected chi connectivity index (χ2v) is 29.2. The third-order valence-corrected chi connectivity index (χ3v) is 20.1. The normalized spacial score (nSPS) is 26.4. The zero-order chi connectivity index (χ0) is 76.0. The highest BCUT2D eigenvalue weighted by molar-refractivity contribution is 5.76. The lowest BCUT2D eigenvalue weighted by molar-refractivity contribution is -0.379. The van der Waals surface area contributed by atoms with Crippen molar-refractivity contribution in [3.8, 4) is 0 Å². The maximum absolute atomic E-state index is 13.5. The highest BCUT2D eigenvalue weighted by atomic mass is 16.8. The summed E-state index contributed by atoms with van der Waals surface area (Å²) in [6.07, 6.45) is 63.7. The molecule has 0 saturated carbocycles. The van der Waals surface area contributed by atoms with Crippen LogP contribution in [0.25, 0.3) is 0 Å². The molecule has 0 aliphatic carbocycles. The number of hydrogen-bond acceptors (Lipinski definition) is 18. The molecular weight excluding hydrogens is 1330 g/mol. The number of amides is 1. The molecule has 0 radical (unpaired) electrons. The molecular formula is C86H149NO18. The molecule has 0 aromatic heterocycles. The summed E-state index contributed by atoms with van der Waals surface area (Å²) in [5, 5.41) is 121. The molecule has 3 rings (SSSR count). The van der Waals surface area contributed by atoms with Gasteiger partial charge in [0.15, 0.2) is 18.9 Å². The van der Waals surface area contributed by atoms with E-state index in [1.807, 2.05) is 6.08 Å². The molecule has 19 nitrogen and oxygen atoms in total. The third kappa shape index (κ3) is 44.8. The Morgan fingerprint density at radius 3 is 1.07 bits per heavy atom. The average Bonchev–Trinajstić information content (AvgIpc) is 0.781. The van der Waals surface area contributed by atoms with Gasteiger partial charge in [0, 0.05) is 6.42 Å². The van der Waals surface area contributed by atoms with E-state index in [0.29, 0.717) is 12.8 Å². The zero-order valence-corrected chi connectivity index (χ0v) is 64.9. The van der Waals surface area contributed by atoms with Gasteiger partial charge in [0.05, 0.1) is 38.6 Å². The first-order valence-corrected chi connectivity index (χ1v) is 41.6. The van der Waals surface area contributed by atoms with E-state index in [-0.39, 0.29) is 18.9 Å². The lowest BCUT2D eigenvalue weighted by Gasteiger charge is -2.48. The zero-order valence-electron chi connectivity index (χ0n) is 64.9. The molecule has 0 aromatic rings. The Kier molecular flexibility index (Phi) is 59.4. The van der Waals surface area contributed by atoms with E-state index >= 15 is 0 Å². The summed E-state index contributed by atoms with van der Waals surface area (Å²) < 4.78 is 34.4. The maximum Gasteiger partial charge on any atom is 0.220 e. The molecule has 17 unspecified atom stereocenters. The van der Waals surface area contributed by atoms with Gasteiger partial charge >= 0.3 is 0 Å². The van der Waals surface area contributed by atoms with E-state index in [4.69, 9.17) is 28.4 Å². The molecule has 0 bridgehead atoms. The lowest BCUT2D eigenvalue weighted by atomic mass is 9.96. The first-order chi connectivity index (χ1) is 51.3. The van der Waals surface area contributed by atoms with Gasteiger partial charge < -0.3 is 89.9 Å². The van der Waals surface area contributed by atoms with E-state index < -0.39 is 124 Å². The summed E-state index contributed by atoms with van der Waals surface area (Å²) >= 11 is 0. The van der Waals surface area contributed by atoms with Gasteiger partial charge in [-0.05, 0) is 89.9 Å². The van der Waals surface area contributed by atoms with Crippen LogP contribution in [0.4, 0.5) is 0 Å². The smallest absolute Gasteiger partial charge is 0.220 e. The van der Waals surface area contributed by atoms with Crippen molar-refractivity contribution in [3.63, 3.8) is 0 Å². The van der Waals surface area contributed by atoms with Crippen molar-refractivity contribution in [2.45, 2.75) is 401 Å². The van der Waals surface area contributed by atoms with Gasteiger partial charge in [-0.15, -0.1) is 0 Å². The molecule has 606 valence electrons. The number of aliphatic hydroxyl groups excluding tert-OH is 11. The number of hydrogen-bond donors (Lipinski definition) is 12. The fraction of sp³-hybridized carbons (Fsp3) is 0.779. The Labute approximate surface area is 634 Å². The number of nitrogens with one attached hydrogen (secondary N) is 1. The van der Waals surface area contributed by atoms with Crippen molar-refractivity contribution in [3.05, 3.63) is 109 Å². The van der Waals surface area contributed by atoms with E-state index in [0.717, 1.165) is 83.5 Å². The number of allylic oxidation sites excluding steroid dienone is 17. The van der Waals surface area contributed by atoms with Gasteiger partial charge in [0.2, 0.25) is 5.91 Å². The van der Waals surface area contributed by atoms with E-state index in [1.165, 1.54) is 180 Å². The Morgan fingerprint density at radius 2 is 0.667 bits per heavy atom. The molecule has 3 saturated heterocycles. The summed E-state index contributed by atoms with van der Waals surface area (Å²) in [6, 6.07) is -0.995. The minimum absolute atomic E-state index is 0.233. The van der Waals surface area contributed by atoms with E-state index in [2.05, 4.69) is 116 Å². The van der Waals surface area contributed by atoms with Crippen LogP contribution < -0.4 is 5.32 Å². The van der Waals surface area contributed by atoms with Gasteiger partial charge in [0.25, 0.3) is 0 Å². The standard InChI is InChI=1S/C86H149NO18/c1-3-5-7-9-11-13-15-17-19-21-23-24-25-26-27-28-29-30-31-32-33-34-35-36-37-38-39-40-41-42-43-44-46-48-50-52-54-56-58-60-62-64-74(92)87-69(70(91)63-61-59-57-55-53-51-49-47-45-22-20-18-16-14-12-10-8-6-4-2)68-100-84-80(98)77(95)82(72(66-89)102-84)105-86-81(99)78(96)83(73(67-90)103-86)104-85-79(97)76(94)75(93)71(65-88)101-85/h5,7,11,13,17,19,23-24,26-27,29-30,32-33,53,55,61,63,69-73,75-86,88-91,93-99H,3-4,6,8-10,12,14-16,18,20-22,25,28,31,34-52,54,56-60,62,64-68H2,1-2H3,(H,87,92)/b7-5-,13-11-,19-17-,24-23-,27-26-,30-29-,33-32-,55-53+,63-61+.